The molecule has 0 saturated carbocycles. The fourth-order valence-electron chi connectivity index (χ4n) is 3.77. The Hall–Kier alpha value is -4.43. The molecule has 3 aromatic carbocycles. The number of rotatable bonds is 8. The molecular weight excluding hydrogens is 494 g/mol. The SMILES string of the molecule is CCOC(=O)c1ccccc1NC(=O)c1ccc(C)c(NC2=C(Cl)C(=O)N(Cc3ccccc3)C2=O)c1. The predicted molar refractivity (Wildman–Crippen MR) is 140 cm³/mol. The van der Waals surface area contributed by atoms with Crippen LogP contribution in [0.15, 0.2) is 83.5 Å². The summed E-state index contributed by atoms with van der Waals surface area (Å²) < 4.78 is 5.06. The van der Waals surface area contributed by atoms with E-state index >= 15 is 0 Å². The number of anilines is 2. The molecule has 3 aromatic rings. The number of hydrogen-bond donors (Lipinski definition) is 2. The summed E-state index contributed by atoms with van der Waals surface area (Å²) in [4.78, 5) is 52.1. The van der Waals surface area contributed by atoms with E-state index in [0.29, 0.717) is 11.4 Å². The van der Waals surface area contributed by atoms with E-state index in [1.165, 1.54) is 0 Å². The first-order chi connectivity index (χ1) is 17.8. The van der Waals surface area contributed by atoms with Crippen molar-refractivity contribution in [1.82, 2.24) is 4.90 Å². The van der Waals surface area contributed by atoms with Gasteiger partial charge in [-0.05, 0) is 49.2 Å². The Morgan fingerprint density at radius 3 is 2.35 bits per heavy atom. The molecule has 2 N–H and O–H groups in total. The first kappa shape index (κ1) is 25.7. The number of nitrogens with one attached hydrogen (secondary N) is 2. The van der Waals surface area contributed by atoms with Crippen molar-refractivity contribution in [3.05, 3.63) is 106 Å². The topological polar surface area (TPSA) is 105 Å². The number of ether oxygens (including phenoxy) is 1. The van der Waals surface area contributed by atoms with Gasteiger partial charge >= 0.3 is 5.97 Å². The van der Waals surface area contributed by atoms with Gasteiger partial charge in [0.25, 0.3) is 17.7 Å². The Kier molecular flexibility index (Phi) is 7.69. The van der Waals surface area contributed by atoms with Crippen molar-refractivity contribution in [2.75, 3.05) is 17.2 Å². The van der Waals surface area contributed by atoms with Gasteiger partial charge in [0.15, 0.2) is 0 Å². The van der Waals surface area contributed by atoms with Gasteiger partial charge in [-0.2, -0.15) is 0 Å². The summed E-state index contributed by atoms with van der Waals surface area (Å²) in [6, 6.07) is 20.5. The lowest BCUT2D eigenvalue weighted by Crippen LogP contribution is -2.31. The summed E-state index contributed by atoms with van der Waals surface area (Å²) in [5.74, 6) is -2.17. The van der Waals surface area contributed by atoms with Crippen LogP contribution in [0.25, 0.3) is 0 Å². The standard InChI is InChI=1S/C28H24ClN3O5/c1-3-37-28(36)20-11-7-8-12-21(20)31-25(33)19-14-13-17(2)22(15-19)30-24-23(29)26(34)32(27(24)35)16-18-9-5-4-6-10-18/h4-15,30H,3,16H2,1-2H3,(H,31,33). The zero-order chi connectivity index (χ0) is 26.5. The lowest BCUT2D eigenvalue weighted by Gasteiger charge is -2.16. The van der Waals surface area contributed by atoms with E-state index in [-0.39, 0.29) is 35.0 Å². The highest BCUT2D eigenvalue weighted by Crippen LogP contribution is 2.29. The number of esters is 1. The number of carbonyl (C=O) groups excluding carboxylic acids is 4. The molecule has 3 amide bonds. The van der Waals surface area contributed by atoms with Crippen LogP contribution in [0.2, 0.25) is 0 Å². The van der Waals surface area contributed by atoms with E-state index in [4.69, 9.17) is 16.3 Å². The van der Waals surface area contributed by atoms with Crippen LogP contribution in [-0.4, -0.2) is 35.2 Å². The van der Waals surface area contributed by atoms with Gasteiger partial charge in [-0.15, -0.1) is 0 Å². The number of imide groups is 1. The van der Waals surface area contributed by atoms with Crippen LogP contribution < -0.4 is 10.6 Å². The fraction of sp³-hybridized carbons (Fsp3) is 0.143. The fourth-order valence-corrected chi connectivity index (χ4v) is 4.00. The second-order valence-electron chi connectivity index (χ2n) is 8.25. The van der Waals surface area contributed by atoms with Crippen LogP contribution in [0.3, 0.4) is 0 Å². The molecule has 1 aliphatic rings. The molecule has 1 heterocycles. The number of para-hydroxylation sites is 1. The van der Waals surface area contributed by atoms with Gasteiger partial charge in [0, 0.05) is 11.3 Å². The molecule has 0 fully saturated rings. The van der Waals surface area contributed by atoms with Crippen LogP contribution >= 0.6 is 11.6 Å². The summed E-state index contributed by atoms with van der Waals surface area (Å²) in [5, 5.41) is 5.45. The minimum atomic E-state index is -0.597. The number of carbonyl (C=O) groups is 4. The molecule has 9 heteroatoms. The average Bonchev–Trinajstić information content (AvgIpc) is 3.09. The Labute approximate surface area is 218 Å². The summed E-state index contributed by atoms with van der Waals surface area (Å²) in [6.07, 6.45) is 0. The maximum Gasteiger partial charge on any atom is 0.340 e. The van der Waals surface area contributed by atoms with Crippen molar-refractivity contribution in [3.63, 3.8) is 0 Å². The third kappa shape index (κ3) is 5.54. The second kappa shape index (κ2) is 11.1. The van der Waals surface area contributed by atoms with E-state index in [1.54, 1.807) is 56.3 Å². The first-order valence-corrected chi connectivity index (χ1v) is 11.9. The molecule has 8 nitrogen and oxygen atoms in total. The molecule has 0 unspecified atom stereocenters. The molecule has 4 rings (SSSR count). The minimum absolute atomic E-state index is 0.0593. The van der Waals surface area contributed by atoms with Crippen molar-refractivity contribution in [2.45, 2.75) is 20.4 Å². The Bertz CT molecular complexity index is 1420. The molecule has 37 heavy (non-hydrogen) atoms. The first-order valence-electron chi connectivity index (χ1n) is 11.5. The zero-order valence-electron chi connectivity index (χ0n) is 20.2. The predicted octanol–water partition coefficient (Wildman–Crippen LogP) is 4.86. The van der Waals surface area contributed by atoms with E-state index in [9.17, 15) is 19.2 Å². The van der Waals surface area contributed by atoms with Crippen LogP contribution in [0.5, 0.6) is 0 Å². The summed E-state index contributed by atoms with van der Waals surface area (Å²) in [7, 11) is 0. The van der Waals surface area contributed by atoms with E-state index < -0.39 is 23.7 Å². The number of nitrogens with zero attached hydrogens (tertiary/aromatic N) is 1. The smallest absolute Gasteiger partial charge is 0.340 e. The van der Waals surface area contributed by atoms with E-state index in [0.717, 1.165) is 16.0 Å². The third-order valence-electron chi connectivity index (χ3n) is 5.72. The van der Waals surface area contributed by atoms with Crippen molar-refractivity contribution in [2.24, 2.45) is 0 Å². The third-order valence-corrected chi connectivity index (χ3v) is 6.08. The van der Waals surface area contributed by atoms with Gasteiger partial charge in [-0.1, -0.05) is 60.1 Å². The van der Waals surface area contributed by atoms with Crippen molar-refractivity contribution < 1.29 is 23.9 Å². The number of hydrogen-bond acceptors (Lipinski definition) is 6. The lowest BCUT2D eigenvalue weighted by molar-refractivity contribution is -0.138. The molecule has 0 aliphatic carbocycles. The average molecular weight is 518 g/mol. The summed E-state index contributed by atoms with van der Waals surface area (Å²) in [5.41, 5.74) is 2.68. The molecule has 0 aromatic heterocycles. The second-order valence-corrected chi connectivity index (χ2v) is 8.62. The van der Waals surface area contributed by atoms with Crippen molar-refractivity contribution in [3.8, 4) is 0 Å². The highest BCUT2D eigenvalue weighted by molar-refractivity contribution is 6.48. The van der Waals surface area contributed by atoms with Crippen LogP contribution in [0.4, 0.5) is 11.4 Å². The molecule has 0 atom stereocenters. The molecule has 0 bridgehead atoms. The van der Waals surface area contributed by atoms with E-state index in [1.807, 2.05) is 30.3 Å². The molecule has 0 radical (unpaired) electrons. The number of halogens is 1. The van der Waals surface area contributed by atoms with Crippen molar-refractivity contribution in [1.29, 1.82) is 0 Å². The number of aryl methyl sites for hydroxylation is 1. The maximum absolute atomic E-state index is 13.0. The van der Waals surface area contributed by atoms with Crippen LogP contribution in [0, 0.1) is 6.92 Å². The maximum atomic E-state index is 13.0. The van der Waals surface area contributed by atoms with Gasteiger partial charge in [0.05, 0.1) is 24.4 Å². The van der Waals surface area contributed by atoms with Gasteiger partial charge in [-0.3, -0.25) is 19.3 Å². The zero-order valence-corrected chi connectivity index (χ0v) is 21.0. The van der Waals surface area contributed by atoms with Crippen molar-refractivity contribution >= 4 is 46.7 Å². The highest BCUT2D eigenvalue weighted by Gasteiger charge is 2.38. The minimum Gasteiger partial charge on any atom is -0.462 e. The Balaban J connectivity index is 1.54. The van der Waals surface area contributed by atoms with Gasteiger partial charge in [0.2, 0.25) is 0 Å². The summed E-state index contributed by atoms with van der Waals surface area (Å²) >= 11 is 6.25. The van der Waals surface area contributed by atoms with E-state index in [2.05, 4.69) is 10.6 Å². The van der Waals surface area contributed by atoms with Gasteiger partial charge < -0.3 is 15.4 Å². The van der Waals surface area contributed by atoms with Crippen LogP contribution in [-0.2, 0) is 20.9 Å². The molecular formula is C28H24ClN3O5. The Morgan fingerprint density at radius 2 is 1.62 bits per heavy atom. The molecule has 188 valence electrons. The molecule has 0 spiro atoms. The quantitative estimate of drug-likeness (QED) is 0.327. The van der Waals surface area contributed by atoms with Gasteiger partial charge in [-0.25, -0.2) is 4.79 Å². The lowest BCUT2D eigenvalue weighted by atomic mass is 10.1. The molecule has 1 aliphatic heterocycles. The van der Waals surface area contributed by atoms with Crippen LogP contribution in [0.1, 0.15) is 38.8 Å². The Morgan fingerprint density at radius 1 is 0.919 bits per heavy atom. The highest BCUT2D eigenvalue weighted by atomic mass is 35.5. The summed E-state index contributed by atoms with van der Waals surface area (Å²) in [6.45, 7) is 3.78. The number of benzene rings is 3. The normalized spacial score (nSPS) is 13.1. The number of amides is 3. The monoisotopic (exact) mass is 517 g/mol. The largest absolute Gasteiger partial charge is 0.462 e. The molecule has 0 saturated heterocycles. The van der Waals surface area contributed by atoms with Gasteiger partial charge in [0.1, 0.15) is 10.7 Å².